The largest absolute Gasteiger partial charge is 0.497 e. The van der Waals surface area contributed by atoms with Crippen molar-refractivity contribution >= 4 is 5.96 Å². The predicted molar refractivity (Wildman–Crippen MR) is 88.7 cm³/mol. The van der Waals surface area contributed by atoms with Gasteiger partial charge >= 0.3 is 0 Å². The van der Waals surface area contributed by atoms with Gasteiger partial charge in [-0.1, -0.05) is 6.92 Å². The van der Waals surface area contributed by atoms with Crippen LogP contribution in [-0.2, 0) is 0 Å². The Balaban J connectivity index is 2.32. The Labute approximate surface area is 132 Å². The SMILES string of the molecule is CCNC(=NCC(C)CO)NCCOc1ccc(OC)cc1. The topological polar surface area (TPSA) is 75.1 Å². The molecular formula is C16H27N3O3. The zero-order chi connectivity index (χ0) is 16.2. The molecule has 0 heterocycles. The standard InChI is InChI=1S/C16H27N3O3/c1-4-17-16(19-11-13(2)12-20)18-9-10-22-15-7-5-14(21-3)6-8-15/h5-8,13,20H,4,9-12H2,1-3H3,(H2,17,18,19). The van der Waals surface area contributed by atoms with Gasteiger partial charge in [0.1, 0.15) is 18.1 Å². The highest BCUT2D eigenvalue weighted by atomic mass is 16.5. The number of aliphatic hydroxyl groups excluding tert-OH is 1. The third-order valence-corrected chi connectivity index (χ3v) is 2.94. The summed E-state index contributed by atoms with van der Waals surface area (Å²) >= 11 is 0. The van der Waals surface area contributed by atoms with Crippen molar-refractivity contribution in [1.82, 2.24) is 10.6 Å². The fourth-order valence-electron chi connectivity index (χ4n) is 1.66. The van der Waals surface area contributed by atoms with Crippen LogP contribution in [0.4, 0.5) is 0 Å². The van der Waals surface area contributed by atoms with Crippen LogP contribution in [0.2, 0.25) is 0 Å². The summed E-state index contributed by atoms with van der Waals surface area (Å²) in [5.74, 6) is 2.51. The highest BCUT2D eigenvalue weighted by Crippen LogP contribution is 2.16. The van der Waals surface area contributed by atoms with E-state index in [0.717, 1.165) is 24.0 Å². The molecule has 1 aromatic rings. The maximum absolute atomic E-state index is 9.02. The van der Waals surface area contributed by atoms with Crippen LogP contribution in [0.15, 0.2) is 29.3 Å². The lowest BCUT2D eigenvalue weighted by molar-refractivity contribution is 0.241. The third kappa shape index (κ3) is 7.17. The first-order valence-corrected chi connectivity index (χ1v) is 7.59. The molecule has 6 heteroatoms. The fraction of sp³-hybridized carbons (Fsp3) is 0.562. The molecule has 1 rings (SSSR count). The molecule has 0 radical (unpaired) electrons. The van der Waals surface area contributed by atoms with Crippen molar-refractivity contribution in [2.45, 2.75) is 13.8 Å². The minimum atomic E-state index is 0.142. The maximum atomic E-state index is 9.02. The number of hydrogen-bond donors (Lipinski definition) is 3. The maximum Gasteiger partial charge on any atom is 0.191 e. The van der Waals surface area contributed by atoms with Crippen molar-refractivity contribution in [3.63, 3.8) is 0 Å². The van der Waals surface area contributed by atoms with E-state index in [1.807, 2.05) is 38.1 Å². The van der Waals surface area contributed by atoms with Crippen LogP contribution in [0, 0.1) is 5.92 Å². The third-order valence-electron chi connectivity index (χ3n) is 2.94. The Hall–Kier alpha value is -1.95. The number of rotatable bonds is 9. The molecule has 22 heavy (non-hydrogen) atoms. The Morgan fingerprint density at radius 1 is 1.23 bits per heavy atom. The van der Waals surface area contributed by atoms with Gasteiger partial charge in [0.2, 0.25) is 0 Å². The first-order valence-electron chi connectivity index (χ1n) is 7.59. The lowest BCUT2D eigenvalue weighted by Gasteiger charge is -2.13. The van der Waals surface area contributed by atoms with Crippen molar-refractivity contribution in [1.29, 1.82) is 0 Å². The number of guanidine groups is 1. The van der Waals surface area contributed by atoms with Gasteiger partial charge in [0.25, 0.3) is 0 Å². The number of aliphatic hydroxyl groups is 1. The Bertz CT molecular complexity index is 435. The van der Waals surface area contributed by atoms with E-state index in [4.69, 9.17) is 14.6 Å². The van der Waals surface area contributed by atoms with Gasteiger partial charge in [-0.05, 0) is 37.1 Å². The summed E-state index contributed by atoms with van der Waals surface area (Å²) in [4.78, 5) is 4.41. The Morgan fingerprint density at radius 3 is 2.50 bits per heavy atom. The molecule has 124 valence electrons. The molecule has 6 nitrogen and oxygen atoms in total. The predicted octanol–water partition coefficient (Wildman–Crippen LogP) is 1.26. The monoisotopic (exact) mass is 309 g/mol. The second-order valence-corrected chi connectivity index (χ2v) is 4.96. The van der Waals surface area contributed by atoms with E-state index in [1.54, 1.807) is 7.11 Å². The second kappa shape index (κ2) is 10.7. The van der Waals surface area contributed by atoms with E-state index in [9.17, 15) is 0 Å². The summed E-state index contributed by atoms with van der Waals surface area (Å²) in [6.07, 6.45) is 0. The summed E-state index contributed by atoms with van der Waals surface area (Å²) < 4.78 is 10.7. The molecule has 1 atom stereocenters. The molecule has 0 aromatic heterocycles. The summed E-state index contributed by atoms with van der Waals surface area (Å²) in [5.41, 5.74) is 0. The lowest BCUT2D eigenvalue weighted by Crippen LogP contribution is -2.39. The van der Waals surface area contributed by atoms with Gasteiger partial charge < -0.3 is 25.2 Å². The van der Waals surface area contributed by atoms with Crippen LogP contribution in [0.5, 0.6) is 11.5 Å². The van der Waals surface area contributed by atoms with Crippen LogP contribution in [0.1, 0.15) is 13.8 Å². The number of hydrogen-bond acceptors (Lipinski definition) is 4. The average Bonchev–Trinajstić information content (AvgIpc) is 2.56. The molecule has 0 saturated carbocycles. The molecule has 0 aliphatic rings. The molecule has 1 aromatic carbocycles. The Kier molecular flexibility index (Phi) is 8.83. The minimum Gasteiger partial charge on any atom is -0.497 e. The number of nitrogens with one attached hydrogen (secondary N) is 2. The van der Waals surface area contributed by atoms with Crippen LogP contribution in [0.25, 0.3) is 0 Å². The number of methoxy groups -OCH3 is 1. The number of nitrogens with zero attached hydrogens (tertiary/aromatic N) is 1. The van der Waals surface area contributed by atoms with Crippen LogP contribution < -0.4 is 20.1 Å². The van der Waals surface area contributed by atoms with Gasteiger partial charge in [0.15, 0.2) is 5.96 Å². The van der Waals surface area contributed by atoms with E-state index in [-0.39, 0.29) is 12.5 Å². The summed E-state index contributed by atoms with van der Waals surface area (Å²) in [6, 6.07) is 7.48. The minimum absolute atomic E-state index is 0.142. The molecule has 0 spiro atoms. The average molecular weight is 309 g/mol. The van der Waals surface area contributed by atoms with Gasteiger partial charge in [0.05, 0.1) is 13.7 Å². The van der Waals surface area contributed by atoms with Crippen molar-refractivity contribution < 1.29 is 14.6 Å². The van der Waals surface area contributed by atoms with E-state index in [0.29, 0.717) is 19.7 Å². The van der Waals surface area contributed by atoms with Crippen LogP contribution in [-0.4, -0.2) is 51.0 Å². The molecule has 0 amide bonds. The first-order chi connectivity index (χ1) is 10.7. The zero-order valence-electron chi connectivity index (χ0n) is 13.6. The number of ether oxygens (including phenoxy) is 2. The van der Waals surface area contributed by atoms with E-state index >= 15 is 0 Å². The molecule has 3 N–H and O–H groups in total. The van der Waals surface area contributed by atoms with Crippen molar-refractivity contribution in [2.75, 3.05) is 40.0 Å². The summed E-state index contributed by atoms with van der Waals surface area (Å²) in [6.45, 7) is 6.67. The zero-order valence-corrected chi connectivity index (χ0v) is 13.6. The quantitative estimate of drug-likeness (QED) is 0.364. The smallest absolute Gasteiger partial charge is 0.191 e. The van der Waals surface area contributed by atoms with E-state index in [2.05, 4.69) is 15.6 Å². The molecular weight excluding hydrogens is 282 g/mol. The number of benzene rings is 1. The fourth-order valence-corrected chi connectivity index (χ4v) is 1.66. The Morgan fingerprint density at radius 2 is 1.91 bits per heavy atom. The van der Waals surface area contributed by atoms with Crippen LogP contribution >= 0.6 is 0 Å². The molecule has 0 saturated heterocycles. The normalized spacial score (nSPS) is 12.6. The van der Waals surface area contributed by atoms with Gasteiger partial charge in [-0.2, -0.15) is 0 Å². The first kappa shape index (κ1) is 18.1. The molecule has 0 bridgehead atoms. The number of aliphatic imine (C=N–C) groups is 1. The summed E-state index contributed by atoms with van der Waals surface area (Å²) in [7, 11) is 1.64. The molecule has 1 unspecified atom stereocenters. The van der Waals surface area contributed by atoms with Crippen LogP contribution in [0.3, 0.4) is 0 Å². The molecule has 0 fully saturated rings. The second-order valence-electron chi connectivity index (χ2n) is 4.96. The van der Waals surface area contributed by atoms with Gasteiger partial charge in [-0.25, -0.2) is 0 Å². The highest BCUT2D eigenvalue weighted by Gasteiger charge is 2.01. The molecule has 0 aliphatic heterocycles. The molecule has 0 aliphatic carbocycles. The van der Waals surface area contributed by atoms with E-state index < -0.39 is 0 Å². The van der Waals surface area contributed by atoms with Crippen molar-refractivity contribution in [3.8, 4) is 11.5 Å². The highest BCUT2D eigenvalue weighted by molar-refractivity contribution is 5.79. The summed E-state index contributed by atoms with van der Waals surface area (Å²) in [5, 5.41) is 15.4. The lowest BCUT2D eigenvalue weighted by atomic mass is 10.2. The van der Waals surface area contributed by atoms with E-state index in [1.165, 1.54) is 0 Å². The van der Waals surface area contributed by atoms with Gasteiger partial charge in [-0.3, -0.25) is 4.99 Å². The van der Waals surface area contributed by atoms with Crippen molar-refractivity contribution in [2.24, 2.45) is 10.9 Å². The van der Waals surface area contributed by atoms with Gasteiger partial charge in [0, 0.05) is 19.7 Å². The van der Waals surface area contributed by atoms with Gasteiger partial charge in [-0.15, -0.1) is 0 Å². The van der Waals surface area contributed by atoms with Crippen molar-refractivity contribution in [3.05, 3.63) is 24.3 Å².